The molecule has 0 amide bonds. The van der Waals surface area contributed by atoms with Gasteiger partial charge in [0, 0.05) is 17.8 Å². The zero-order chi connectivity index (χ0) is 10.2. The lowest BCUT2D eigenvalue weighted by atomic mass is 9.97. The van der Waals surface area contributed by atoms with Crippen LogP contribution in [0.15, 0.2) is 0 Å². The molecule has 0 aliphatic heterocycles. The van der Waals surface area contributed by atoms with Crippen molar-refractivity contribution in [2.45, 2.75) is 63.2 Å². The maximum absolute atomic E-state index is 3.72. The van der Waals surface area contributed by atoms with Crippen LogP contribution in [0.5, 0.6) is 0 Å². The van der Waals surface area contributed by atoms with Crippen LogP contribution in [0.2, 0.25) is 0 Å². The Bertz CT molecular complexity index is 130. The van der Waals surface area contributed by atoms with Crippen LogP contribution < -0.4 is 5.32 Å². The van der Waals surface area contributed by atoms with Crippen LogP contribution in [-0.4, -0.2) is 24.1 Å². The fourth-order valence-electron chi connectivity index (χ4n) is 2.08. The summed E-state index contributed by atoms with van der Waals surface area (Å²) >= 11 is 1.96. The van der Waals surface area contributed by atoms with E-state index in [0.717, 1.165) is 11.3 Å². The quantitative estimate of drug-likeness (QED) is 0.771. The van der Waals surface area contributed by atoms with Gasteiger partial charge in [0.15, 0.2) is 0 Å². The highest BCUT2D eigenvalue weighted by molar-refractivity contribution is 7.99. The fraction of sp³-hybridized carbons (Fsp3) is 1.00. The summed E-state index contributed by atoms with van der Waals surface area (Å²) in [5, 5.41) is 4.48. The first-order valence-corrected chi connectivity index (χ1v) is 7.38. The molecule has 1 unspecified atom stereocenters. The van der Waals surface area contributed by atoms with E-state index >= 15 is 0 Å². The number of thioether (sulfide) groups is 1. The van der Waals surface area contributed by atoms with Crippen molar-refractivity contribution < 1.29 is 0 Å². The average Bonchev–Trinajstić information content (AvgIpc) is 2.15. The number of rotatable bonds is 4. The van der Waals surface area contributed by atoms with Gasteiger partial charge in [0.05, 0.1) is 0 Å². The monoisotopic (exact) mass is 215 g/mol. The molecule has 0 spiro atoms. The normalized spacial score (nSPS) is 22.7. The van der Waals surface area contributed by atoms with Crippen LogP contribution in [0.3, 0.4) is 0 Å². The minimum atomic E-state index is 0.764. The van der Waals surface area contributed by atoms with E-state index < -0.39 is 0 Å². The van der Waals surface area contributed by atoms with Crippen molar-refractivity contribution in [3.05, 3.63) is 0 Å². The topological polar surface area (TPSA) is 12.0 Å². The first kappa shape index (κ1) is 12.4. The largest absolute Gasteiger partial charge is 0.313 e. The smallest absolute Gasteiger partial charge is 0.0141 e. The van der Waals surface area contributed by atoms with E-state index in [1.165, 1.54) is 51.5 Å². The second-order valence-electron chi connectivity index (χ2n) is 4.50. The Morgan fingerprint density at radius 2 is 1.71 bits per heavy atom. The Morgan fingerprint density at radius 3 is 2.29 bits per heavy atom. The standard InChI is InChI=1S/C12H25NS/c1-11(14-2)10-13-12-8-6-4-3-5-7-9-12/h11-13H,3-10H2,1-2H3. The molecule has 1 atom stereocenters. The van der Waals surface area contributed by atoms with E-state index in [1.54, 1.807) is 0 Å². The molecule has 0 heterocycles. The van der Waals surface area contributed by atoms with Crippen LogP contribution in [0, 0.1) is 0 Å². The average molecular weight is 215 g/mol. The first-order chi connectivity index (χ1) is 6.83. The fourth-order valence-corrected chi connectivity index (χ4v) is 2.34. The SMILES string of the molecule is CSC(C)CNC1CCCCCCC1. The molecule has 0 aromatic rings. The summed E-state index contributed by atoms with van der Waals surface area (Å²) in [5.41, 5.74) is 0. The summed E-state index contributed by atoms with van der Waals surface area (Å²) in [6.07, 6.45) is 12.3. The third-order valence-corrected chi connectivity index (χ3v) is 4.17. The Kier molecular flexibility index (Phi) is 6.70. The highest BCUT2D eigenvalue weighted by Crippen LogP contribution is 2.17. The summed E-state index contributed by atoms with van der Waals surface area (Å²) in [6, 6.07) is 0.810. The number of hydrogen-bond donors (Lipinski definition) is 1. The van der Waals surface area contributed by atoms with E-state index in [1.807, 2.05) is 11.8 Å². The van der Waals surface area contributed by atoms with E-state index in [0.29, 0.717) is 0 Å². The lowest BCUT2D eigenvalue weighted by Gasteiger charge is -2.22. The molecule has 0 saturated heterocycles. The van der Waals surface area contributed by atoms with Gasteiger partial charge in [-0.3, -0.25) is 0 Å². The van der Waals surface area contributed by atoms with E-state index in [9.17, 15) is 0 Å². The van der Waals surface area contributed by atoms with Crippen LogP contribution >= 0.6 is 11.8 Å². The van der Waals surface area contributed by atoms with Gasteiger partial charge in [0.1, 0.15) is 0 Å². The highest BCUT2D eigenvalue weighted by atomic mass is 32.2. The van der Waals surface area contributed by atoms with Crippen LogP contribution in [0.4, 0.5) is 0 Å². The molecule has 0 bridgehead atoms. The zero-order valence-corrected chi connectivity index (χ0v) is 10.5. The second kappa shape index (κ2) is 7.58. The van der Waals surface area contributed by atoms with Gasteiger partial charge in [-0.1, -0.05) is 39.0 Å². The van der Waals surface area contributed by atoms with Crippen molar-refractivity contribution in [3.8, 4) is 0 Å². The Labute approximate surface area is 93.4 Å². The second-order valence-corrected chi connectivity index (χ2v) is 5.77. The van der Waals surface area contributed by atoms with E-state index in [-0.39, 0.29) is 0 Å². The lowest BCUT2D eigenvalue weighted by molar-refractivity contribution is 0.392. The Morgan fingerprint density at radius 1 is 1.14 bits per heavy atom. The van der Waals surface area contributed by atoms with Crippen LogP contribution in [-0.2, 0) is 0 Å². The van der Waals surface area contributed by atoms with Gasteiger partial charge in [-0.15, -0.1) is 0 Å². The van der Waals surface area contributed by atoms with E-state index in [2.05, 4.69) is 18.5 Å². The number of nitrogens with one attached hydrogen (secondary N) is 1. The van der Waals surface area contributed by atoms with Gasteiger partial charge in [-0.2, -0.15) is 11.8 Å². The van der Waals surface area contributed by atoms with Gasteiger partial charge in [-0.05, 0) is 19.1 Å². The third kappa shape index (κ3) is 5.26. The molecular weight excluding hydrogens is 190 g/mol. The predicted molar refractivity (Wildman–Crippen MR) is 67.1 cm³/mol. The van der Waals surface area contributed by atoms with Crippen molar-refractivity contribution in [3.63, 3.8) is 0 Å². The summed E-state index contributed by atoms with van der Waals surface area (Å²) in [7, 11) is 0. The molecule has 0 radical (unpaired) electrons. The third-order valence-electron chi connectivity index (χ3n) is 3.20. The van der Waals surface area contributed by atoms with Crippen molar-refractivity contribution in [2.75, 3.05) is 12.8 Å². The van der Waals surface area contributed by atoms with Crippen molar-refractivity contribution >= 4 is 11.8 Å². The van der Waals surface area contributed by atoms with Crippen molar-refractivity contribution in [1.82, 2.24) is 5.32 Å². The van der Waals surface area contributed by atoms with Crippen molar-refractivity contribution in [1.29, 1.82) is 0 Å². The van der Waals surface area contributed by atoms with Crippen LogP contribution in [0.25, 0.3) is 0 Å². The highest BCUT2D eigenvalue weighted by Gasteiger charge is 2.11. The zero-order valence-electron chi connectivity index (χ0n) is 9.72. The molecule has 1 rings (SSSR count). The molecule has 1 saturated carbocycles. The molecule has 0 aromatic carbocycles. The first-order valence-electron chi connectivity index (χ1n) is 6.09. The summed E-state index contributed by atoms with van der Waals surface area (Å²) in [6.45, 7) is 3.49. The molecule has 2 heteroatoms. The Balaban J connectivity index is 2.13. The molecule has 84 valence electrons. The molecule has 0 aromatic heterocycles. The summed E-state index contributed by atoms with van der Waals surface area (Å²) in [5.74, 6) is 0. The Hall–Kier alpha value is 0.310. The predicted octanol–water partition coefficient (Wildman–Crippen LogP) is 3.44. The number of hydrogen-bond acceptors (Lipinski definition) is 2. The van der Waals surface area contributed by atoms with E-state index in [4.69, 9.17) is 0 Å². The molecule has 1 nitrogen and oxygen atoms in total. The van der Waals surface area contributed by atoms with Gasteiger partial charge >= 0.3 is 0 Å². The molecule has 14 heavy (non-hydrogen) atoms. The molecule has 1 aliphatic rings. The maximum atomic E-state index is 3.72. The molecule has 1 aliphatic carbocycles. The molecule has 1 N–H and O–H groups in total. The minimum Gasteiger partial charge on any atom is -0.313 e. The van der Waals surface area contributed by atoms with Crippen molar-refractivity contribution in [2.24, 2.45) is 0 Å². The molecular formula is C12H25NS. The van der Waals surface area contributed by atoms with Gasteiger partial charge in [-0.25, -0.2) is 0 Å². The molecule has 1 fully saturated rings. The summed E-state index contributed by atoms with van der Waals surface area (Å²) < 4.78 is 0. The van der Waals surface area contributed by atoms with Gasteiger partial charge in [0.25, 0.3) is 0 Å². The van der Waals surface area contributed by atoms with Gasteiger partial charge < -0.3 is 5.32 Å². The minimum absolute atomic E-state index is 0.764. The maximum Gasteiger partial charge on any atom is 0.0141 e. The van der Waals surface area contributed by atoms with Gasteiger partial charge in [0.2, 0.25) is 0 Å². The lowest BCUT2D eigenvalue weighted by Crippen LogP contribution is -2.34. The van der Waals surface area contributed by atoms with Crippen LogP contribution in [0.1, 0.15) is 51.9 Å². The summed E-state index contributed by atoms with van der Waals surface area (Å²) in [4.78, 5) is 0.